The first-order valence-corrected chi connectivity index (χ1v) is 20.0. The van der Waals surface area contributed by atoms with Crippen molar-refractivity contribution in [2.24, 2.45) is 16.7 Å². The van der Waals surface area contributed by atoms with Crippen LogP contribution in [0.4, 0.5) is 26.1 Å². The molecule has 10 nitrogen and oxygen atoms in total. The quantitative estimate of drug-likeness (QED) is 0.171. The van der Waals surface area contributed by atoms with E-state index in [1.807, 2.05) is 24.3 Å². The first-order valence-electron chi connectivity index (χ1n) is 20.0. The second-order valence-corrected chi connectivity index (χ2v) is 18.2. The van der Waals surface area contributed by atoms with E-state index in [1.54, 1.807) is 11.2 Å². The Bertz CT molecular complexity index is 1810. The second-order valence-electron chi connectivity index (χ2n) is 18.2. The fraction of sp³-hybridized carbons (Fsp3) is 0.581. The average Bonchev–Trinajstić information content (AvgIpc) is 3.11. The van der Waals surface area contributed by atoms with Gasteiger partial charge in [-0.2, -0.15) is 0 Å². The number of aromatic nitrogens is 2. The molecular formula is C43H60F2N8O2. The molecule has 3 saturated heterocycles. The van der Waals surface area contributed by atoms with Crippen LogP contribution in [0.3, 0.4) is 0 Å². The van der Waals surface area contributed by atoms with Crippen LogP contribution in [0.1, 0.15) is 96.8 Å². The van der Waals surface area contributed by atoms with E-state index in [0.717, 1.165) is 49.3 Å². The zero-order chi connectivity index (χ0) is 39.4. The Labute approximate surface area is 325 Å². The van der Waals surface area contributed by atoms with E-state index in [9.17, 15) is 9.59 Å². The lowest BCUT2D eigenvalue weighted by Gasteiger charge is -2.48. The van der Waals surface area contributed by atoms with E-state index in [4.69, 9.17) is 0 Å². The molecule has 2 amide bonds. The molecular weight excluding hydrogens is 699 g/mol. The summed E-state index contributed by atoms with van der Waals surface area (Å²) in [5.41, 5.74) is 2.29. The van der Waals surface area contributed by atoms with Crippen LogP contribution in [0.2, 0.25) is 0 Å². The molecule has 4 heterocycles. The van der Waals surface area contributed by atoms with Gasteiger partial charge in [0.1, 0.15) is 29.6 Å². The lowest BCUT2D eigenvalue weighted by Crippen LogP contribution is -2.66. The van der Waals surface area contributed by atoms with Crippen molar-refractivity contribution < 1.29 is 18.4 Å². The molecule has 0 atom stereocenters. The van der Waals surface area contributed by atoms with Gasteiger partial charge in [-0.15, -0.1) is 0 Å². The predicted molar refractivity (Wildman–Crippen MR) is 215 cm³/mol. The molecule has 12 heteroatoms. The SMILES string of the molecule is CC(C)CC(C)(C)CC(=O)NCc1cccc(CNc2cc(N3CCC4(CC3)CN(c3cc(F)c(CN5CCC(C)(C)CC5)cc3F)CC(=O)N4)ncn2)c1. The standard InChI is InChI=1S/C43H60F2N8O2/c1-30(2)22-42(5,6)23-39(54)47-25-32-9-7-8-31(18-32)24-46-37-21-38(49-29-48-37)52-16-12-43(13-17-52)28-53(27-40(55)50-43)36-20-34(44)33(19-35(36)45)26-51-14-10-41(3,4)11-15-51/h7-9,18-21,29-30H,10-17,22-28H2,1-6H3,(H,47,54)(H,50,55)(H,46,48,49). The molecule has 0 saturated carbocycles. The fourth-order valence-corrected chi connectivity index (χ4v) is 8.62. The minimum absolute atomic E-state index is 0.0162. The molecule has 0 aliphatic carbocycles. The number of halogens is 2. The number of benzene rings is 2. The smallest absolute Gasteiger partial charge is 0.240 e. The van der Waals surface area contributed by atoms with E-state index < -0.39 is 17.2 Å². The monoisotopic (exact) mass is 758 g/mol. The molecule has 0 unspecified atom stereocenters. The van der Waals surface area contributed by atoms with Crippen molar-refractivity contribution in [3.05, 3.63) is 77.1 Å². The summed E-state index contributed by atoms with van der Waals surface area (Å²) in [6, 6.07) is 12.7. The van der Waals surface area contributed by atoms with Gasteiger partial charge in [-0.05, 0) is 79.1 Å². The van der Waals surface area contributed by atoms with Crippen molar-refractivity contribution in [2.45, 2.75) is 105 Å². The highest BCUT2D eigenvalue weighted by molar-refractivity contribution is 5.84. The Morgan fingerprint density at radius 1 is 0.927 bits per heavy atom. The first-order chi connectivity index (χ1) is 26.1. The maximum absolute atomic E-state index is 15.6. The molecule has 1 spiro atoms. The molecule has 2 aromatic carbocycles. The summed E-state index contributed by atoms with van der Waals surface area (Å²) in [5, 5.41) is 9.69. The molecule has 298 valence electrons. The van der Waals surface area contributed by atoms with E-state index in [-0.39, 0.29) is 34.9 Å². The van der Waals surface area contributed by atoms with Gasteiger partial charge in [0.05, 0.1) is 17.8 Å². The molecule has 3 N–H and O–H groups in total. The number of hydrogen-bond donors (Lipinski definition) is 3. The average molecular weight is 759 g/mol. The zero-order valence-electron chi connectivity index (χ0n) is 33.6. The third kappa shape index (κ3) is 10.9. The van der Waals surface area contributed by atoms with Gasteiger partial charge in [0.2, 0.25) is 11.8 Å². The molecule has 6 rings (SSSR count). The molecule has 3 aliphatic heterocycles. The molecule has 55 heavy (non-hydrogen) atoms. The van der Waals surface area contributed by atoms with Crippen molar-refractivity contribution in [1.29, 1.82) is 0 Å². The molecule has 3 aromatic rings. The van der Waals surface area contributed by atoms with Crippen LogP contribution in [0.15, 0.2) is 48.8 Å². The molecule has 1 aromatic heterocycles. The Balaban J connectivity index is 1.01. The number of carbonyl (C=O) groups excluding carboxylic acids is 2. The fourth-order valence-electron chi connectivity index (χ4n) is 8.62. The second kappa shape index (κ2) is 16.8. The van der Waals surface area contributed by atoms with Crippen molar-refractivity contribution in [3.63, 3.8) is 0 Å². The van der Waals surface area contributed by atoms with E-state index in [1.165, 1.54) is 12.1 Å². The van der Waals surface area contributed by atoms with Gasteiger partial charge in [0.15, 0.2) is 0 Å². The Morgan fingerprint density at radius 3 is 2.35 bits per heavy atom. The number of piperazine rings is 1. The molecule has 3 fully saturated rings. The summed E-state index contributed by atoms with van der Waals surface area (Å²) in [6.07, 6.45) is 6.38. The summed E-state index contributed by atoms with van der Waals surface area (Å²) >= 11 is 0. The molecule has 3 aliphatic rings. The van der Waals surface area contributed by atoms with Crippen LogP contribution in [0, 0.1) is 28.4 Å². The van der Waals surface area contributed by atoms with E-state index in [2.05, 4.69) is 83.3 Å². The summed E-state index contributed by atoms with van der Waals surface area (Å²) in [4.78, 5) is 40.7. The van der Waals surface area contributed by atoms with E-state index in [0.29, 0.717) is 75.8 Å². The number of nitrogens with one attached hydrogen (secondary N) is 3. The number of anilines is 3. The van der Waals surface area contributed by atoms with Gasteiger partial charge in [-0.1, -0.05) is 65.8 Å². The van der Waals surface area contributed by atoms with Crippen LogP contribution in [0.5, 0.6) is 0 Å². The Kier molecular flexibility index (Phi) is 12.3. The third-order valence-corrected chi connectivity index (χ3v) is 11.5. The van der Waals surface area contributed by atoms with Crippen molar-refractivity contribution in [1.82, 2.24) is 25.5 Å². The number of amides is 2. The topological polar surface area (TPSA) is 106 Å². The number of hydrogen-bond acceptors (Lipinski definition) is 8. The van der Waals surface area contributed by atoms with Crippen LogP contribution >= 0.6 is 0 Å². The van der Waals surface area contributed by atoms with E-state index >= 15 is 8.78 Å². The lowest BCUT2D eigenvalue weighted by atomic mass is 9.81. The summed E-state index contributed by atoms with van der Waals surface area (Å²) in [7, 11) is 0. The Morgan fingerprint density at radius 2 is 1.64 bits per heavy atom. The van der Waals surface area contributed by atoms with Crippen molar-refractivity contribution >= 4 is 29.1 Å². The van der Waals surface area contributed by atoms with Crippen molar-refractivity contribution in [3.8, 4) is 0 Å². The number of nitrogens with zero attached hydrogens (tertiary/aromatic N) is 5. The van der Waals surface area contributed by atoms with Gasteiger partial charge < -0.3 is 25.8 Å². The number of likely N-dealkylation sites (tertiary alicyclic amines) is 1. The highest BCUT2D eigenvalue weighted by Crippen LogP contribution is 2.35. The maximum Gasteiger partial charge on any atom is 0.240 e. The van der Waals surface area contributed by atoms with Crippen LogP contribution in [0.25, 0.3) is 0 Å². The maximum atomic E-state index is 15.6. The molecule has 0 radical (unpaired) electrons. The highest BCUT2D eigenvalue weighted by atomic mass is 19.1. The van der Waals surface area contributed by atoms with Crippen LogP contribution < -0.4 is 25.8 Å². The number of carbonyl (C=O) groups is 2. The number of rotatable bonds is 13. The van der Waals surface area contributed by atoms with Gasteiger partial charge >= 0.3 is 0 Å². The molecule has 0 bridgehead atoms. The van der Waals surface area contributed by atoms with Gasteiger partial charge in [0.25, 0.3) is 0 Å². The minimum Gasteiger partial charge on any atom is -0.366 e. The van der Waals surface area contributed by atoms with Gasteiger partial charge in [-0.3, -0.25) is 14.5 Å². The van der Waals surface area contributed by atoms with Crippen LogP contribution in [-0.2, 0) is 29.2 Å². The summed E-state index contributed by atoms with van der Waals surface area (Å²) in [5.74, 6) is 0.968. The largest absolute Gasteiger partial charge is 0.366 e. The van der Waals surface area contributed by atoms with Gasteiger partial charge in [0, 0.05) is 63.4 Å². The Hall–Kier alpha value is -4.32. The van der Waals surface area contributed by atoms with Crippen molar-refractivity contribution in [2.75, 3.05) is 54.4 Å². The highest BCUT2D eigenvalue weighted by Gasteiger charge is 2.42. The minimum atomic E-state index is -0.559. The lowest BCUT2D eigenvalue weighted by molar-refractivity contribution is -0.124. The first kappa shape index (κ1) is 40.3. The van der Waals surface area contributed by atoms with Gasteiger partial charge in [-0.25, -0.2) is 18.7 Å². The summed E-state index contributed by atoms with van der Waals surface area (Å²) in [6.45, 7) is 18.0. The third-order valence-electron chi connectivity index (χ3n) is 11.5. The number of piperidine rings is 2. The predicted octanol–water partition coefficient (Wildman–Crippen LogP) is 7.04. The zero-order valence-corrected chi connectivity index (χ0v) is 33.6. The normalized spacial score (nSPS) is 18.7. The van der Waals surface area contributed by atoms with Crippen LogP contribution in [-0.4, -0.2) is 71.5 Å². The summed E-state index contributed by atoms with van der Waals surface area (Å²) < 4.78 is 31.1.